The number of pyridine rings is 1. The maximum absolute atomic E-state index is 12.7. The number of rotatable bonds is 4. The second-order valence-corrected chi connectivity index (χ2v) is 7.01. The Balaban J connectivity index is 1.47. The van der Waals surface area contributed by atoms with Gasteiger partial charge < -0.3 is 15.5 Å². The molecule has 1 unspecified atom stereocenters. The van der Waals surface area contributed by atoms with Crippen molar-refractivity contribution >= 4 is 45.7 Å². The summed E-state index contributed by atoms with van der Waals surface area (Å²) in [6.07, 6.45) is 1.85. The van der Waals surface area contributed by atoms with Crippen LogP contribution in [-0.4, -0.2) is 29.3 Å². The van der Waals surface area contributed by atoms with Crippen LogP contribution in [0.2, 0.25) is 0 Å². The van der Waals surface area contributed by atoms with Crippen molar-refractivity contribution in [1.29, 1.82) is 0 Å². The Labute approximate surface area is 167 Å². The molecule has 1 atom stereocenters. The van der Waals surface area contributed by atoms with Crippen molar-refractivity contribution in [1.82, 2.24) is 4.98 Å². The second kappa shape index (κ2) is 7.71. The number of benzene rings is 2. The van der Waals surface area contributed by atoms with Crippen LogP contribution in [0.25, 0.3) is 10.9 Å². The average Bonchev–Trinajstić information content (AvgIpc) is 3.10. The van der Waals surface area contributed by atoms with Gasteiger partial charge in [-0.2, -0.15) is 0 Å². The third-order valence-electron chi connectivity index (χ3n) is 4.87. The lowest BCUT2D eigenvalue weighted by molar-refractivity contribution is -0.122. The van der Waals surface area contributed by atoms with Crippen LogP contribution in [0.5, 0.6) is 0 Å². The van der Waals surface area contributed by atoms with Gasteiger partial charge in [0.2, 0.25) is 17.7 Å². The van der Waals surface area contributed by atoms with Crippen LogP contribution in [0, 0.1) is 5.92 Å². The molecule has 0 saturated carbocycles. The molecule has 1 saturated heterocycles. The highest BCUT2D eigenvalue weighted by Crippen LogP contribution is 2.31. The average molecular weight is 388 g/mol. The lowest BCUT2D eigenvalue weighted by Crippen LogP contribution is -2.28. The first kappa shape index (κ1) is 18.6. The number of carbonyl (C=O) groups excluding carboxylic acids is 3. The number of nitrogens with one attached hydrogen (secondary N) is 2. The zero-order valence-corrected chi connectivity index (χ0v) is 15.9. The van der Waals surface area contributed by atoms with Gasteiger partial charge in [0, 0.05) is 42.8 Å². The van der Waals surface area contributed by atoms with Crippen molar-refractivity contribution in [2.75, 3.05) is 22.1 Å². The van der Waals surface area contributed by atoms with E-state index in [-0.39, 0.29) is 24.1 Å². The maximum Gasteiger partial charge on any atom is 0.229 e. The van der Waals surface area contributed by atoms with Gasteiger partial charge >= 0.3 is 0 Å². The lowest BCUT2D eigenvalue weighted by atomic mass is 10.1. The molecular formula is C22H20N4O3. The maximum atomic E-state index is 12.7. The minimum Gasteiger partial charge on any atom is -0.326 e. The van der Waals surface area contributed by atoms with E-state index < -0.39 is 5.92 Å². The van der Waals surface area contributed by atoms with Crippen LogP contribution in [-0.2, 0) is 14.4 Å². The van der Waals surface area contributed by atoms with Gasteiger partial charge in [-0.1, -0.05) is 18.2 Å². The first-order chi connectivity index (χ1) is 14.0. The van der Waals surface area contributed by atoms with E-state index in [0.717, 1.165) is 16.6 Å². The molecule has 3 amide bonds. The van der Waals surface area contributed by atoms with Crippen molar-refractivity contribution in [3.8, 4) is 0 Å². The van der Waals surface area contributed by atoms with E-state index in [9.17, 15) is 14.4 Å². The van der Waals surface area contributed by atoms with Gasteiger partial charge in [-0.3, -0.25) is 19.4 Å². The van der Waals surface area contributed by atoms with Gasteiger partial charge in [0.15, 0.2) is 0 Å². The molecule has 29 heavy (non-hydrogen) atoms. The third-order valence-corrected chi connectivity index (χ3v) is 4.87. The monoisotopic (exact) mass is 388 g/mol. The zero-order chi connectivity index (χ0) is 20.4. The molecule has 7 heteroatoms. The highest BCUT2D eigenvalue weighted by molar-refractivity contribution is 6.07. The molecule has 0 aliphatic carbocycles. The van der Waals surface area contributed by atoms with E-state index in [0.29, 0.717) is 17.9 Å². The lowest BCUT2D eigenvalue weighted by Gasteiger charge is -2.18. The summed E-state index contributed by atoms with van der Waals surface area (Å²) in [5.74, 6) is -0.906. The quantitative estimate of drug-likeness (QED) is 0.718. The van der Waals surface area contributed by atoms with Crippen LogP contribution >= 0.6 is 0 Å². The minimum atomic E-state index is -0.448. The molecule has 0 radical (unpaired) electrons. The zero-order valence-electron chi connectivity index (χ0n) is 15.9. The van der Waals surface area contributed by atoms with E-state index in [2.05, 4.69) is 15.6 Å². The summed E-state index contributed by atoms with van der Waals surface area (Å²) in [6, 6.07) is 16.3. The van der Waals surface area contributed by atoms with E-state index in [4.69, 9.17) is 0 Å². The number of aromatic nitrogens is 1. The fourth-order valence-electron chi connectivity index (χ4n) is 3.51. The number of para-hydroxylation sites is 1. The van der Waals surface area contributed by atoms with E-state index in [1.165, 1.54) is 6.92 Å². The van der Waals surface area contributed by atoms with Gasteiger partial charge in [0.1, 0.15) is 0 Å². The molecule has 0 spiro atoms. The normalized spacial score (nSPS) is 16.1. The Morgan fingerprint density at radius 3 is 2.41 bits per heavy atom. The summed E-state index contributed by atoms with van der Waals surface area (Å²) < 4.78 is 0. The Kier molecular flexibility index (Phi) is 4.95. The number of amides is 3. The number of nitrogens with zero attached hydrogens (tertiary/aromatic N) is 2. The largest absolute Gasteiger partial charge is 0.326 e. The molecule has 1 aromatic heterocycles. The molecule has 4 rings (SSSR count). The van der Waals surface area contributed by atoms with Crippen molar-refractivity contribution in [3.63, 3.8) is 0 Å². The Hall–Kier alpha value is -3.74. The van der Waals surface area contributed by atoms with Gasteiger partial charge in [-0.25, -0.2) is 0 Å². The SMILES string of the molecule is CC(=O)Nc1ccc(NC(=O)C2CC(=O)N(c3cccc4cccnc34)C2)cc1. The van der Waals surface area contributed by atoms with Gasteiger partial charge in [-0.05, 0) is 36.4 Å². The highest BCUT2D eigenvalue weighted by Gasteiger charge is 2.36. The van der Waals surface area contributed by atoms with Crippen molar-refractivity contribution in [2.45, 2.75) is 13.3 Å². The van der Waals surface area contributed by atoms with Crippen molar-refractivity contribution < 1.29 is 14.4 Å². The van der Waals surface area contributed by atoms with Crippen LogP contribution in [0.4, 0.5) is 17.1 Å². The Morgan fingerprint density at radius 2 is 1.69 bits per heavy atom. The summed E-state index contributed by atoms with van der Waals surface area (Å²) in [4.78, 5) is 42.4. The van der Waals surface area contributed by atoms with Crippen LogP contribution in [0.15, 0.2) is 60.8 Å². The molecule has 2 heterocycles. The Bertz CT molecular complexity index is 1090. The first-order valence-corrected chi connectivity index (χ1v) is 9.34. The molecule has 3 aromatic rings. The summed E-state index contributed by atoms with van der Waals surface area (Å²) in [5.41, 5.74) is 2.74. The summed E-state index contributed by atoms with van der Waals surface area (Å²) in [7, 11) is 0. The van der Waals surface area contributed by atoms with Crippen molar-refractivity contribution in [3.05, 3.63) is 60.8 Å². The summed E-state index contributed by atoms with van der Waals surface area (Å²) in [5, 5.41) is 6.47. The predicted octanol–water partition coefficient (Wildman–Crippen LogP) is 3.18. The fraction of sp³-hybridized carbons (Fsp3) is 0.182. The molecule has 2 aromatic carbocycles. The van der Waals surface area contributed by atoms with E-state index in [1.807, 2.05) is 30.3 Å². The smallest absolute Gasteiger partial charge is 0.229 e. The number of carbonyl (C=O) groups is 3. The molecule has 1 aliphatic heterocycles. The van der Waals surface area contributed by atoms with Crippen LogP contribution < -0.4 is 15.5 Å². The van der Waals surface area contributed by atoms with Gasteiger partial charge in [0.25, 0.3) is 0 Å². The predicted molar refractivity (Wildman–Crippen MR) is 112 cm³/mol. The Morgan fingerprint density at radius 1 is 1.00 bits per heavy atom. The molecule has 0 bridgehead atoms. The molecule has 1 aliphatic rings. The van der Waals surface area contributed by atoms with E-state index in [1.54, 1.807) is 35.4 Å². The molecule has 146 valence electrons. The van der Waals surface area contributed by atoms with Gasteiger partial charge in [0.05, 0.1) is 17.1 Å². The van der Waals surface area contributed by atoms with Gasteiger partial charge in [-0.15, -0.1) is 0 Å². The standard InChI is InChI=1S/C22H20N4O3/c1-14(27)24-17-7-9-18(10-8-17)25-22(29)16-12-20(28)26(13-16)19-6-2-4-15-5-3-11-23-21(15)19/h2-11,16H,12-13H2,1H3,(H,24,27)(H,25,29). The van der Waals surface area contributed by atoms with Crippen molar-refractivity contribution in [2.24, 2.45) is 5.92 Å². The second-order valence-electron chi connectivity index (χ2n) is 7.01. The topological polar surface area (TPSA) is 91.4 Å². The number of anilines is 3. The minimum absolute atomic E-state index is 0.0932. The molecule has 7 nitrogen and oxygen atoms in total. The molecule has 1 fully saturated rings. The number of hydrogen-bond donors (Lipinski definition) is 2. The first-order valence-electron chi connectivity index (χ1n) is 9.34. The summed E-state index contributed by atoms with van der Waals surface area (Å²) >= 11 is 0. The number of hydrogen-bond acceptors (Lipinski definition) is 4. The molecule has 2 N–H and O–H groups in total. The van der Waals surface area contributed by atoms with Crippen LogP contribution in [0.1, 0.15) is 13.3 Å². The summed E-state index contributed by atoms with van der Waals surface area (Å²) in [6.45, 7) is 1.74. The fourth-order valence-corrected chi connectivity index (χ4v) is 3.51. The highest BCUT2D eigenvalue weighted by atomic mass is 16.2. The van der Waals surface area contributed by atoms with E-state index >= 15 is 0 Å². The third kappa shape index (κ3) is 3.94. The van der Waals surface area contributed by atoms with Crippen LogP contribution in [0.3, 0.4) is 0 Å². The number of fused-ring (bicyclic) bond motifs is 1. The molecular weight excluding hydrogens is 368 g/mol.